The molecule has 1 N–H and O–H groups in total. The van der Waals surface area contributed by atoms with Gasteiger partial charge in [-0.1, -0.05) is 31.2 Å². The van der Waals surface area contributed by atoms with Crippen LogP contribution in [0, 0.1) is 5.92 Å². The minimum atomic E-state index is -3.39. The normalized spacial score (nSPS) is 19.5. The summed E-state index contributed by atoms with van der Waals surface area (Å²) in [4.78, 5) is 4.02. The van der Waals surface area contributed by atoms with Gasteiger partial charge in [0.15, 0.2) is 0 Å². The number of piperidine rings is 1. The molecule has 0 bridgehead atoms. The Morgan fingerprint density at radius 3 is 2.67 bits per heavy atom. The fourth-order valence-corrected chi connectivity index (χ4v) is 4.34. The minimum Gasteiger partial charge on any atom is -0.333 e. The SMILES string of the molecule is CC1CCCN(S(=O)(=O)NCc2ccc(Cn3ccnc3)cc2)C1. The lowest BCUT2D eigenvalue weighted by atomic mass is 10.0. The molecule has 1 aromatic heterocycles. The third kappa shape index (κ3) is 4.43. The molecular weight excluding hydrogens is 324 g/mol. The molecule has 0 spiro atoms. The zero-order valence-electron chi connectivity index (χ0n) is 13.9. The summed E-state index contributed by atoms with van der Waals surface area (Å²) in [6.45, 7) is 4.40. The number of benzene rings is 1. The maximum Gasteiger partial charge on any atom is 0.279 e. The molecule has 1 aromatic carbocycles. The monoisotopic (exact) mass is 348 g/mol. The van der Waals surface area contributed by atoms with E-state index in [1.54, 1.807) is 16.8 Å². The molecule has 0 amide bonds. The molecule has 1 fully saturated rings. The maximum atomic E-state index is 12.4. The molecule has 130 valence electrons. The Hall–Kier alpha value is -1.70. The second kappa shape index (κ2) is 7.46. The summed E-state index contributed by atoms with van der Waals surface area (Å²) < 4.78 is 31.0. The van der Waals surface area contributed by atoms with Gasteiger partial charge in [-0.3, -0.25) is 0 Å². The van der Waals surface area contributed by atoms with E-state index in [2.05, 4.69) is 16.6 Å². The second-order valence-electron chi connectivity index (χ2n) is 6.48. The summed E-state index contributed by atoms with van der Waals surface area (Å²) in [6, 6.07) is 7.97. The lowest BCUT2D eigenvalue weighted by Gasteiger charge is -2.30. The molecule has 7 heteroatoms. The molecule has 1 saturated heterocycles. The van der Waals surface area contributed by atoms with Gasteiger partial charge >= 0.3 is 0 Å². The van der Waals surface area contributed by atoms with E-state index >= 15 is 0 Å². The zero-order chi connectivity index (χ0) is 17.0. The van der Waals surface area contributed by atoms with Crippen LogP contribution in [0.2, 0.25) is 0 Å². The van der Waals surface area contributed by atoms with E-state index in [-0.39, 0.29) is 0 Å². The van der Waals surface area contributed by atoms with Crippen LogP contribution in [0.3, 0.4) is 0 Å². The topological polar surface area (TPSA) is 67.2 Å². The van der Waals surface area contributed by atoms with Crippen molar-refractivity contribution in [1.82, 2.24) is 18.6 Å². The van der Waals surface area contributed by atoms with Crippen LogP contribution in [-0.4, -0.2) is 35.4 Å². The van der Waals surface area contributed by atoms with Gasteiger partial charge in [0.05, 0.1) is 6.33 Å². The van der Waals surface area contributed by atoms with Crippen LogP contribution >= 0.6 is 0 Å². The third-order valence-corrected chi connectivity index (χ3v) is 5.89. The Morgan fingerprint density at radius 1 is 1.25 bits per heavy atom. The van der Waals surface area contributed by atoms with E-state index < -0.39 is 10.2 Å². The first-order valence-corrected chi connectivity index (χ1v) is 9.75. The van der Waals surface area contributed by atoms with Crippen molar-refractivity contribution in [1.29, 1.82) is 0 Å². The first-order chi connectivity index (χ1) is 11.5. The quantitative estimate of drug-likeness (QED) is 0.868. The average molecular weight is 348 g/mol. The van der Waals surface area contributed by atoms with Gasteiger partial charge in [0.25, 0.3) is 10.2 Å². The predicted octanol–water partition coefficient (Wildman–Crippen LogP) is 2.00. The first-order valence-electron chi connectivity index (χ1n) is 8.31. The van der Waals surface area contributed by atoms with E-state index in [1.165, 1.54) is 0 Å². The molecule has 0 aliphatic carbocycles. The molecule has 0 radical (unpaired) electrons. The lowest BCUT2D eigenvalue weighted by molar-refractivity contribution is 0.278. The molecule has 1 atom stereocenters. The largest absolute Gasteiger partial charge is 0.333 e. The Labute approximate surface area is 143 Å². The highest BCUT2D eigenvalue weighted by molar-refractivity contribution is 7.87. The van der Waals surface area contributed by atoms with Crippen molar-refractivity contribution in [3.05, 3.63) is 54.1 Å². The molecule has 1 aliphatic heterocycles. The molecular formula is C17H24N4O2S. The number of nitrogens with one attached hydrogen (secondary N) is 1. The number of aromatic nitrogens is 2. The predicted molar refractivity (Wildman–Crippen MR) is 93.5 cm³/mol. The highest BCUT2D eigenvalue weighted by Gasteiger charge is 2.26. The Kier molecular flexibility index (Phi) is 5.33. The van der Waals surface area contributed by atoms with Gasteiger partial charge in [0.2, 0.25) is 0 Å². The molecule has 6 nitrogen and oxygen atoms in total. The molecule has 3 rings (SSSR count). The molecule has 0 saturated carbocycles. The summed E-state index contributed by atoms with van der Waals surface area (Å²) in [5.74, 6) is 0.429. The van der Waals surface area contributed by atoms with Gasteiger partial charge in [0.1, 0.15) is 0 Å². The van der Waals surface area contributed by atoms with Gasteiger partial charge in [-0.15, -0.1) is 0 Å². The fraction of sp³-hybridized carbons (Fsp3) is 0.471. The van der Waals surface area contributed by atoms with Crippen molar-refractivity contribution in [2.75, 3.05) is 13.1 Å². The second-order valence-corrected chi connectivity index (χ2v) is 8.24. The Morgan fingerprint density at radius 2 is 2.00 bits per heavy atom. The zero-order valence-corrected chi connectivity index (χ0v) is 14.7. The molecule has 1 unspecified atom stereocenters. The third-order valence-electron chi connectivity index (χ3n) is 4.37. The van der Waals surface area contributed by atoms with Gasteiger partial charge < -0.3 is 4.57 Å². The molecule has 2 aromatic rings. The minimum absolute atomic E-state index is 0.318. The van der Waals surface area contributed by atoms with E-state index in [9.17, 15) is 8.42 Å². The highest BCUT2D eigenvalue weighted by Crippen LogP contribution is 2.18. The number of rotatable bonds is 6. The van der Waals surface area contributed by atoms with Gasteiger partial charge in [-0.05, 0) is 29.9 Å². The van der Waals surface area contributed by atoms with E-state index in [0.29, 0.717) is 25.6 Å². The Bertz CT molecular complexity index is 741. The summed E-state index contributed by atoms with van der Waals surface area (Å²) in [5.41, 5.74) is 2.11. The number of hydrogen-bond donors (Lipinski definition) is 1. The maximum absolute atomic E-state index is 12.4. The fourth-order valence-electron chi connectivity index (χ4n) is 2.98. The van der Waals surface area contributed by atoms with Crippen molar-refractivity contribution in [2.45, 2.75) is 32.9 Å². The van der Waals surface area contributed by atoms with Crippen LogP contribution in [-0.2, 0) is 23.3 Å². The highest BCUT2D eigenvalue weighted by atomic mass is 32.2. The van der Waals surface area contributed by atoms with Gasteiger partial charge in [-0.2, -0.15) is 17.4 Å². The van der Waals surface area contributed by atoms with Crippen molar-refractivity contribution in [2.24, 2.45) is 5.92 Å². The van der Waals surface area contributed by atoms with Crippen molar-refractivity contribution in [3.8, 4) is 0 Å². The smallest absolute Gasteiger partial charge is 0.279 e. The average Bonchev–Trinajstić information content (AvgIpc) is 3.07. The van der Waals surface area contributed by atoms with E-state index in [0.717, 1.165) is 30.5 Å². The van der Waals surface area contributed by atoms with Crippen LogP contribution in [0.5, 0.6) is 0 Å². The van der Waals surface area contributed by atoms with Crippen molar-refractivity contribution < 1.29 is 8.42 Å². The number of imidazole rings is 1. The van der Waals surface area contributed by atoms with Crippen LogP contribution in [0.15, 0.2) is 43.0 Å². The summed E-state index contributed by atoms with van der Waals surface area (Å²) in [6.07, 6.45) is 7.49. The standard InChI is InChI=1S/C17H24N4O2S/c1-15-3-2-9-21(12-15)24(22,23)19-11-16-4-6-17(7-5-16)13-20-10-8-18-14-20/h4-8,10,14-15,19H,2-3,9,11-13H2,1H3. The van der Waals surface area contributed by atoms with Crippen molar-refractivity contribution >= 4 is 10.2 Å². The summed E-state index contributed by atoms with van der Waals surface area (Å²) >= 11 is 0. The van der Waals surface area contributed by atoms with Crippen LogP contribution in [0.25, 0.3) is 0 Å². The van der Waals surface area contributed by atoms with Crippen LogP contribution in [0.4, 0.5) is 0 Å². The molecule has 1 aliphatic rings. The van der Waals surface area contributed by atoms with Crippen LogP contribution in [0.1, 0.15) is 30.9 Å². The lowest BCUT2D eigenvalue weighted by Crippen LogP contribution is -2.45. The van der Waals surface area contributed by atoms with E-state index in [4.69, 9.17) is 0 Å². The van der Waals surface area contributed by atoms with E-state index in [1.807, 2.05) is 35.0 Å². The summed E-state index contributed by atoms with van der Waals surface area (Å²) in [7, 11) is -3.39. The van der Waals surface area contributed by atoms with Gasteiger partial charge in [-0.25, -0.2) is 4.98 Å². The number of nitrogens with zero attached hydrogens (tertiary/aromatic N) is 3. The first kappa shape index (κ1) is 17.1. The van der Waals surface area contributed by atoms with Gasteiger partial charge in [0, 0.05) is 38.6 Å². The molecule has 2 heterocycles. The Balaban J connectivity index is 1.56. The summed E-state index contributed by atoms with van der Waals surface area (Å²) in [5, 5.41) is 0. The number of hydrogen-bond acceptors (Lipinski definition) is 3. The molecule has 24 heavy (non-hydrogen) atoms. The van der Waals surface area contributed by atoms with Crippen LogP contribution < -0.4 is 4.72 Å². The van der Waals surface area contributed by atoms with Crippen molar-refractivity contribution in [3.63, 3.8) is 0 Å².